The molecule has 7 aromatic carbocycles. The van der Waals surface area contributed by atoms with Crippen LogP contribution in [0.25, 0.3) is 76.9 Å². The highest BCUT2D eigenvalue weighted by molar-refractivity contribution is 6.22. The van der Waals surface area contributed by atoms with Gasteiger partial charge in [-0.1, -0.05) is 97.1 Å². The Kier molecular flexibility index (Phi) is 4.93. The summed E-state index contributed by atoms with van der Waals surface area (Å²) in [5.41, 5.74) is 9.70. The van der Waals surface area contributed by atoms with Crippen molar-refractivity contribution in [3.8, 4) is 22.5 Å². The van der Waals surface area contributed by atoms with Crippen LogP contribution in [0.1, 0.15) is 0 Å². The van der Waals surface area contributed by atoms with Crippen LogP contribution < -0.4 is 0 Å². The van der Waals surface area contributed by atoms with Crippen LogP contribution in [0.5, 0.6) is 0 Å². The molecule has 0 fully saturated rings. The molecule has 0 amide bonds. The fourth-order valence-corrected chi connectivity index (χ4v) is 6.83. The lowest BCUT2D eigenvalue weighted by atomic mass is 9.99. The molecule has 0 saturated carbocycles. The summed E-state index contributed by atoms with van der Waals surface area (Å²) in [5.74, 6) is 0. The molecule has 2 heterocycles. The first-order valence-corrected chi connectivity index (χ1v) is 14.5. The molecule has 0 atom stereocenters. The van der Waals surface area contributed by atoms with Crippen molar-refractivity contribution < 1.29 is 0 Å². The molecule has 2 heteroatoms. The third kappa shape index (κ3) is 3.33. The Morgan fingerprint density at radius 2 is 0.810 bits per heavy atom. The molecular weight excluding hydrogens is 508 g/mol. The summed E-state index contributed by atoms with van der Waals surface area (Å²) >= 11 is 0. The van der Waals surface area contributed by atoms with Gasteiger partial charge in [-0.15, -0.1) is 0 Å². The summed E-state index contributed by atoms with van der Waals surface area (Å²) in [6, 6.07) is 57.2. The van der Waals surface area contributed by atoms with Crippen molar-refractivity contribution >= 4 is 54.4 Å². The summed E-state index contributed by atoms with van der Waals surface area (Å²) in [5, 5.41) is 7.66. The number of nitrogens with zero attached hydrogens (tertiary/aromatic N) is 2. The molecule has 2 nitrogen and oxygen atoms in total. The standard InChI is InChI=1S/C40H26N2/c1-3-12-30(13-4-1)41-36-18-10-9-17-33(36)34-25-28(20-22-37(34)41)29-21-23-38-35(26-29)40-32-16-8-7-11-27(32)19-24-39(40)42(38)31-14-5-2-6-15-31/h1-26H. The third-order valence-corrected chi connectivity index (χ3v) is 8.69. The second-order valence-corrected chi connectivity index (χ2v) is 11.0. The molecule has 0 aliphatic heterocycles. The van der Waals surface area contributed by atoms with E-state index in [1.165, 1.54) is 76.9 Å². The summed E-state index contributed by atoms with van der Waals surface area (Å²) in [6.45, 7) is 0. The highest BCUT2D eigenvalue weighted by atomic mass is 15.0. The van der Waals surface area contributed by atoms with Gasteiger partial charge in [0.15, 0.2) is 0 Å². The first-order valence-electron chi connectivity index (χ1n) is 14.5. The molecule has 196 valence electrons. The number of hydrogen-bond donors (Lipinski definition) is 0. The SMILES string of the molecule is c1ccc(-n2c3ccccc3c3cc(-c4ccc5c(c4)c4c6ccccc6ccc4n5-c4ccccc4)ccc32)cc1. The van der Waals surface area contributed by atoms with Gasteiger partial charge in [-0.3, -0.25) is 0 Å². The van der Waals surface area contributed by atoms with E-state index in [4.69, 9.17) is 0 Å². The predicted molar refractivity (Wildman–Crippen MR) is 178 cm³/mol. The number of benzene rings is 7. The third-order valence-electron chi connectivity index (χ3n) is 8.69. The molecule has 0 spiro atoms. The highest BCUT2D eigenvalue weighted by Gasteiger charge is 2.17. The lowest BCUT2D eigenvalue weighted by molar-refractivity contribution is 1.18. The molecule has 42 heavy (non-hydrogen) atoms. The molecule has 2 aromatic heterocycles. The minimum atomic E-state index is 1.18. The minimum Gasteiger partial charge on any atom is -0.309 e. The van der Waals surface area contributed by atoms with Crippen molar-refractivity contribution in [2.75, 3.05) is 0 Å². The summed E-state index contributed by atoms with van der Waals surface area (Å²) in [4.78, 5) is 0. The van der Waals surface area contributed by atoms with Crippen molar-refractivity contribution in [2.45, 2.75) is 0 Å². The zero-order chi connectivity index (χ0) is 27.6. The zero-order valence-electron chi connectivity index (χ0n) is 22.9. The second-order valence-electron chi connectivity index (χ2n) is 11.0. The van der Waals surface area contributed by atoms with Gasteiger partial charge in [-0.25, -0.2) is 0 Å². The van der Waals surface area contributed by atoms with Crippen molar-refractivity contribution in [1.29, 1.82) is 0 Å². The van der Waals surface area contributed by atoms with E-state index in [2.05, 4.69) is 167 Å². The molecule has 0 unspecified atom stereocenters. The second kappa shape index (κ2) is 8.95. The number of aromatic nitrogens is 2. The largest absolute Gasteiger partial charge is 0.309 e. The molecule has 0 aliphatic carbocycles. The fraction of sp³-hybridized carbons (Fsp3) is 0. The lowest BCUT2D eigenvalue weighted by Gasteiger charge is -2.09. The van der Waals surface area contributed by atoms with E-state index in [1.54, 1.807) is 0 Å². The molecule has 0 saturated heterocycles. The van der Waals surface area contributed by atoms with Crippen LogP contribution >= 0.6 is 0 Å². The van der Waals surface area contributed by atoms with E-state index >= 15 is 0 Å². The van der Waals surface area contributed by atoms with Gasteiger partial charge in [0.05, 0.1) is 22.1 Å². The summed E-state index contributed by atoms with van der Waals surface area (Å²) < 4.78 is 4.77. The Morgan fingerprint density at radius 3 is 1.52 bits per heavy atom. The normalized spacial score (nSPS) is 11.8. The molecule has 0 radical (unpaired) electrons. The van der Waals surface area contributed by atoms with Crippen molar-refractivity contribution in [3.63, 3.8) is 0 Å². The van der Waals surface area contributed by atoms with Crippen LogP contribution in [-0.2, 0) is 0 Å². The summed E-state index contributed by atoms with van der Waals surface area (Å²) in [7, 11) is 0. The predicted octanol–water partition coefficient (Wildman–Crippen LogP) is 10.7. The molecule has 9 aromatic rings. The first kappa shape index (κ1) is 23.1. The lowest BCUT2D eigenvalue weighted by Crippen LogP contribution is -1.93. The Morgan fingerprint density at radius 1 is 0.310 bits per heavy atom. The van der Waals surface area contributed by atoms with Gasteiger partial charge in [0, 0.05) is 32.9 Å². The fourth-order valence-electron chi connectivity index (χ4n) is 6.83. The Hall–Kier alpha value is -5.60. The van der Waals surface area contributed by atoms with Crippen LogP contribution in [0.4, 0.5) is 0 Å². The smallest absolute Gasteiger partial charge is 0.0547 e. The van der Waals surface area contributed by atoms with Crippen LogP contribution in [-0.4, -0.2) is 9.13 Å². The highest BCUT2D eigenvalue weighted by Crippen LogP contribution is 2.40. The Bertz CT molecular complexity index is 2440. The van der Waals surface area contributed by atoms with E-state index in [0.717, 1.165) is 0 Å². The van der Waals surface area contributed by atoms with Gasteiger partial charge in [0.2, 0.25) is 0 Å². The zero-order valence-corrected chi connectivity index (χ0v) is 22.9. The number of para-hydroxylation sites is 3. The topological polar surface area (TPSA) is 9.86 Å². The Balaban J connectivity index is 1.32. The molecule has 0 N–H and O–H groups in total. The van der Waals surface area contributed by atoms with Gasteiger partial charge in [0.1, 0.15) is 0 Å². The van der Waals surface area contributed by atoms with Gasteiger partial charge in [0.25, 0.3) is 0 Å². The maximum Gasteiger partial charge on any atom is 0.0547 e. The number of fused-ring (bicyclic) bond motifs is 8. The van der Waals surface area contributed by atoms with E-state index < -0.39 is 0 Å². The van der Waals surface area contributed by atoms with E-state index in [0.29, 0.717) is 0 Å². The van der Waals surface area contributed by atoms with Crippen molar-refractivity contribution in [3.05, 3.63) is 158 Å². The molecule has 0 aliphatic rings. The number of hydrogen-bond acceptors (Lipinski definition) is 0. The first-order chi connectivity index (χ1) is 20.8. The van der Waals surface area contributed by atoms with Crippen LogP contribution in [0.15, 0.2) is 158 Å². The maximum absolute atomic E-state index is 2.40. The van der Waals surface area contributed by atoms with E-state index in [9.17, 15) is 0 Å². The quantitative estimate of drug-likeness (QED) is 0.213. The maximum atomic E-state index is 2.40. The van der Waals surface area contributed by atoms with Crippen molar-refractivity contribution in [1.82, 2.24) is 9.13 Å². The van der Waals surface area contributed by atoms with Crippen molar-refractivity contribution in [2.24, 2.45) is 0 Å². The van der Waals surface area contributed by atoms with Crippen LogP contribution in [0.2, 0.25) is 0 Å². The summed E-state index contributed by atoms with van der Waals surface area (Å²) in [6.07, 6.45) is 0. The van der Waals surface area contributed by atoms with Crippen LogP contribution in [0, 0.1) is 0 Å². The Labute approximate surface area is 243 Å². The molecular formula is C40H26N2. The van der Waals surface area contributed by atoms with Gasteiger partial charge >= 0.3 is 0 Å². The molecule has 0 bridgehead atoms. The van der Waals surface area contributed by atoms with Gasteiger partial charge in [-0.05, 0) is 82.6 Å². The minimum absolute atomic E-state index is 1.18. The van der Waals surface area contributed by atoms with E-state index in [-0.39, 0.29) is 0 Å². The molecule has 9 rings (SSSR count). The van der Waals surface area contributed by atoms with E-state index in [1.807, 2.05) is 0 Å². The van der Waals surface area contributed by atoms with Crippen LogP contribution in [0.3, 0.4) is 0 Å². The average molecular weight is 535 g/mol. The van der Waals surface area contributed by atoms with Gasteiger partial charge < -0.3 is 9.13 Å². The monoisotopic (exact) mass is 534 g/mol. The number of rotatable bonds is 3. The average Bonchev–Trinajstić information content (AvgIpc) is 3.58. The van der Waals surface area contributed by atoms with Gasteiger partial charge in [-0.2, -0.15) is 0 Å².